The van der Waals surface area contributed by atoms with Gasteiger partial charge in [0.15, 0.2) is 11.3 Å². The first-order valence-corrected chi connectivity index (χ1v) is 20.2. The molecule has 6 heterocycles. The Kier molecular flexibility index (Phi) is 11.4. The zero-order valence-electron chi connectivity index (χ0n) is 32.1. The van der Waals surface area contributed by atoms with Gasteiger partial charge in [0.1, 0.15) is 17.6 Å². The molecule has 3 amide bonds. The van der Waals surface area contributed by atoms with Crippen molar-refractivity contribution < 1.29 is 31.9 Å². The number of anilines is 3. The highest BCUT2D eigenvalue weighted by molar-refractivity contribution is 6.08. The first-order valence-electron chi connectivity index (χ1n) is 20.2. The number of carbonyl (C=O) groups is 3. The van der Waals surface area contributed by atoms with Crippen molar-refractivity contribution in [2.45, 2.75) is 88.1 Å². The second-order valence-corrected chi connectivity index (χ2v) is 16.4. The molecule has 4 aromatic rings. The van der Waals surface area contributed by atoms with Gasteiger partial charge in [-0.1, -0.05) is 12.1 Å². The average molecular weight is 808 g/mol. The first kappa shape index (κ1) is 39.7. The van der Waals surface area contributed by atoms with Gasteiger partial charge in [0.05, 0.1) is 30.4 Å². The molecule has 4 aliphatic rings. The van der Waals surface area contributed by atoms with Crippen LogP contribution in [0.3, 0.4) is 0 Å². The SMILES string of the molecule is N[C@@H]1C[C@@H](F)CN(c2ccn3ncc(C(=O)Nc4cn(C5CCC(CN6CCC(CNc7ccc(C8CCC(=O)NC8=O)cc7)CC6)CC5)nc4C(F)(F)F)c3n2)C1. The number of rotatable bonds is 10. The van der Waals surface area contributed by atoms with Gasteiger partial charge in [-0.15, -0.1) is 0 Å². The lowest BCUT2D eigenvalue weighted by Gasteiger charge is -2.36. The van der Waals surface area contributed by atoms with Crippen LogP contribution in [0.15, 0.2) is 48.9 Å². The highest BCUT2D eigenvalue weighted by Crippen LogP contribution is 2.38. The number of fused-ring (bicyclic) bond motifs is 1. The largest absolute Gasteiger partial charge is 0.437 e. The first-order chi connectivity index (χ1) is 27.9. The van der Waals surface area contributed by atoms with Crippen LogP contribution in [0, 0.1) is 11.8 Å². The molecule has 0 radical (unpaired) electrons. The Balaban J connectivity index is 0.817. The Labute approximate surface area is 332 Å². The summed E-state index contributed by atoms with van der Waals surface area (Å²) in [6.45, 7) is 4.27. The third-order valence-electron chi connectivity index (χ3n) is 12.2. The Bertz CT molecular complexity index is 2100. The van der Waals surface area contributed by atoms with E-state index in [-0.39, 0.29) is 54.0 Å². The topological polar surface area (TPSA) is 168 Å². The Morgan fingerprint density at radius 2 is 1.72 bits per heavy atom. The predicted octanol–water partition coefficient (Wildman–Crippen LogP) is 5.15. The third kappa shape index (κ3) is 8.97. The van der Waals surface area contributed by atoms with Gasteiger partial charge in [0, 0.05) is 50.2 Å². The number of benzene rings is 1. The molecule has 18 heteroatoms. The van der Waals surface area contributed by atoms with Crippen molar-refractivity contribution in [1.82, 2.24) is 34.6 Å². The van der Waals surface area contributed by atoms with Crippen molar-refractivity contribution in [3.05, 3.63) is 65.7 Å². The normalized spacial score (nSPS) is 25.2. The van der Waals surface area contributed by atoms with Crippen molar-refractivity contribution >= 4 is 40.6 Å². The number of hydrogen-bond acceptors (Lipinski definition) is 10. The van der Waals surface area contributed by atoms with Gasteiger partial charge in [-0.05, 0) is 100 Å². The molecule has 4 fully saturated rings. The summed E-state index contributed by atoms with van der Waals surface area (Å²) in [5.74, 6) is -0.194. The number of amides is 3. The number of piperidine rings is 3. The zero-order valence-corrected chi connectivity index (χ0v) is 32.1. The standard InChI is InChI=1S/C40H49F4N11O3/c41-27-17-28(45)22-53(21-27)34-13-16-54-37(49-34)32(19-47-54)39(58)48-33-23-55(51-36(33)40(42,43)44)30-7-1-25(2-8-30)20-52-14-11-24(12-15-52)18-46-29-5-3-26(4-6-29)31-9-10-35(56)50-38(31)57/h3-6,13,16,19,23-25,27-28,30-31,46H,1-2,7-12,14-15,17-18,20-22,45H2,(H,48,58)(H,50,56,57)/t25?,27-,28-,30?,31?/m1/s1. The highest BCUT2D eigenvalue weighted by Gasteiger charge is 2.39. The Morgan fingerprint density at radius 1 is 0.966 bits per heavy atom. The summed E-state index contributed by atoms with van der Waals surface area (Å²) in [4.78, 5) is 45.8. The van der Waals surface area contributed by atoms with Gasteiger partial charge in [-0.2, -0.15) is 23.4 Å². The van der Waals surface area contributed by atoms with E-state index in [1.165, 1.54) is 21.6 Å². The molecule has 1 aliphatic carbocycles. The zero-order chi connectivity index (χ0) is 40.6. The summed E-state index contributed by atoms with van der Waals surface area (Å²) in [5, 5.41) is 16.5. The third-order valence-corrected chi connectivity index (χ3v) is 12.2. The maximum Gasteiger partial charge on any atom is 0.437 e. The molecular formula is C40H49F4N11O3. The number of carbonyl (C=O) groups excluding carboxylic acids is 3. The minimum atomic E-state index is -4.79. The number of nitrogens with one attached hydrogen (secondary N) is 3. The number of likely N-dealkylation sites (tertiary alicyclic amines) is 1. The average Bonchev–Trinajstić information content (AvgIpc) is 3.83. The molecule has 14 nitrogen and oxygen atoms in total. The van der Waals surface area contributed by atoms with Crippen LogP contribution in [0.5, 0.6) is 0 Å². The molecule has 8 rings (SSSR count). The molecule has 3 atom stereocenters. The van der Waals surface area contributed by atoms with Gasteiger partial charge >= 0.3 is 6.18 Å². The van der Waals surface area contributed by atoms with Crippen LogP contribution in [0.2, 0.25) is 0 Å². The van der Waals surface area contributed by atoms with E-state index in [2.05, 4.69) is 36.0 Å². The number of aromatic nitrogens is 5. The van der Waals surface area contributed by atoms with Crippen LogP contribution in [0.1, 0.15) is 91.4 Å². The van der Waals surface area contributed by atoms with Crippen LogP contribution < -0.4 is 26.6 Å². The van der Waals surface area contributed by atoms with Gasteiger partial charge in [-0.25, -0.2) is 13.9 Å². The van der Waals surface area contributed by atoms with Crippen LogP contribution in [-0.2, 0) is 15.8 Å². The molecule has 0 bridgehead atoms. The maximum atomic E-state index is 14.2. The van der Waals surface area contributed by atoms with E-state index in [1.54, 1.807) is 17.2 Å². The van der Waals surface area contributed by atoms with Crippen molar-refractivity contribution in [3.63, 3.8) is 0 Å². The molecule has 0 spiro atoms. The fourth-order valence-corrected chi connectivity index (χ4v) is 8.96. The summed E-state index contributed by atoms with van der Waals surface area (Å²) < 4.78 is 59.7. The second-order valence-electron chi connectivity index (χ2n) is 16.4. The maximum absolute atomic E-state index is 14.2. The summed E-state index contributed by atoms with van der Waals surface area (Å²) in [5.41, 5.74) is 6.42. The lowest BCUT2D eigenvalue weighted by Crippen LogP contribution is -2.48. The molecule has 3 aliphatic heterocycles. The van der Waals surface area contributed by atoms with Gasteiger partial charge < -0.3 is 26.2 Å². The van der Waals surface area contributed by atoms with E-state index >= 15 is 0 Å². The fraction of sp³-hybridized carbons (Fsp3) is 0.550. The smallest absolute Gasteiger partial charge is 0.385 e. The predicted molar refractivity (Wildman–Crippen MR) is 208 cm³/mol. The monoisotopic (exact) mass is 807 g/mol. The molecule has 3 saturated heterocycles. The number of imide groups is 1. The number of halogens is 4. The second kappa shape index (κ2) is 16.6. The van der Waals surface area contributed by atoms with Crippen molar-refractivity contribution in [3.8, 4) is 0 Å². The van der Waals surface area contributed by atoms with E-state index in [1.807, 2.05) is 24.3 Å². The van der Waals surface area contributed by atoms with Crippen LogP contribution in [-0.4, -0.2) is 98.5 Å². The summed E-state index contributed by atoms with van der Waals surface area (Å²) in [6, 6.07) is 8.91. The van der Waals surface area contributed by atoms with E-state index < -0.39 is 29.6 Å². The Morgan fingerprint density at radius 3 is 2.43 bits per heavy atom. The van der Waals surface area contributed by atoms with E-state index in [0.717, 1.165) is 63.1 Å². The lowest BCUT2D eigenvalue weighted by molar-refractivity contribution is -0.141. The molecule has 1 unspecified atom stereocenters. The molecule has 58 heavy (non-hydrogen) atoms. The molecular weight excluding hydrogens is 759 g/mol. The van der Waals surface area contributed by atoms with Gasteiger partial charge in [-0.3, -0.25) is 24.4 Å². The quantitative estimate of drug-likeness (QED) is 0.124. The Hall–Kier alpha value is -5.10. The number of alkyl halides is 4. The van der Waals surface area contributed by atoms with E-state index in [9.17, 15) is 31.9 Å². The molecule has 310 valence electrons. The van der Waals surface area contributed by atoms with Crippen molar-refractivity contribution in [1.29, 1.82) is 0 Å². The lowest BCUT2D eigenvalue weighted by atomic mass is 9.85. The molecule has 5 N–H and O–H groups in total. The molecule has 1 saturated carbocycles. The summed E-state index contributed by atoms with van der Waals surface area (Å²) in [6.07, 6.45) is 4.51. The fourth-order valence-electron chi connectivity index (χ4n) is 8.96. The number of hydrogen-bond donors (Lipinski definition) is 4. The van der Waals surface area contributed by atoms with Crippen molar-refractivity contribution in [2.24, 2.45) is 17.6 Å². The van der Waals surface area contributed by atoms with Crippen LogP contribution >= 0.6 is 0 Å². The highest BCUT2D eigenvalue weighted by atomic mass is 19.4. The number of nitrogens with two attached hydrogens (primary N) is 1. The van der Waals surface area contributed by atoms with E-state index in [4.69, 9.17) is 5.73 Å². The minimum Gasteiger partial charge on any atom is -0.385 e. The molecule has 1 aromatic carbocycles. The van der Waals surface area contributed by atoms with Gasteiger partial charge in [0.2, 0.25) is 11.8 Å². The van der Waals surface area contributed by atoms with Gasteiger partial charge in [0.25, 0.3) is 5.91 Å². The van der Waals surface area contributed by atoms with Crippen molar-refractivity contribution in [2.75, 3.05) is 54.8 Å². The number of nitrogens with zero attached hydrogens (tertiary/aromatic N) is 7. The van der Waals surface area contributed by atoms with Crippen LogP contribution in [0.4, 0.5) is 34.8 Å². The summed E-state index contributed by atoms with van der Waals surface area (Å²) in [7, 11) is 0. The molecule has 3 aromatic heterocycles. The minimum absolute atomic E-state index is 0.0278. The van der Waals surface area contributed by atoms with E-state index in [0.29, 0.717) is 49.9 Å². The summed E-state index contributed by atoms with van der Waals surface area (Å²) >= 11 is 0. The van der Waals surface area contributed by atoms with Crippen LogP contribution in [0.25, 0.3) is 5.65 Å².